The molecular formula is C20H24N4OS. The number of benzene rings is 1. The minimum atomic E-state index is -0.337. The summed E-state index contributed by atoms with van der Waals surface area (Å²) in [6.07, 6.45) is 4.27. The Morgan fingerprint density at radius 1 is 1.27 bits per heavy atom. The zero-order valence-electron chi connectivity index (χ0n) is 15.2. The highest BCUT2D eigenvalue weighted by Gasteiger charge is 2.22. The molecule has 0 spiro atoms. The zero-order chi connectivity index (χ0) is 18.8. The maximum atomic E-state index is 12.9. The molecule has 1 heterocycles. The number of allylic oxidation sites excluding steroid dienone is 1. The second-order valence-corrected chi connectivity index (χ2v) is 6.87. The molecule has 0 bridgehead atoms. The maximum Gasteiger partial charge on any atom is 0.262 e. The predicted octanol–water partition coefficient (Wildman–Crippen LogP) is 4.66. The first kappa shape index (κ1) is 19.8. The van der Waals surface area contributed by atoms with Crippen molar-refractivity contribution in [1.82, 2.24) is 15.5 Å². The number of hydrogen-bond donors (Lipinski definition) is 1. The summed E-state index contributed by atoms with van der Waals surface area (Å²) in [6.45, 7) is 4.16. The van der Waals surface area contributed by atoms with Crippen molar-refractivity contribution in [3.63, 3.8) is 0 Å². The third kappa shape index (κ3) is 5.24. The van der Waals surface area contributed by atoms with Crippen LogP contribution < -0.4 is 5.32 Å². The molecule has 2 aromatic rings. The topological polar surface area (TPSA) is 78.7 Å². The molecule has 0 radical (unpaired) electrons. The SMILES string of the molecule is CCCC/C(=C(/C#N)C(=O)NC(CCC)c1ccccc1)c1nncs1. The van der Waals surface area contributed by atoms with Gasteiger partial charge >= 0.3 is 0 Å². The standard InChI is InChI=1S/C20H24N4OS/c1-3-5-12-16(20-24-22-14-26-20)17(13-21)19(25)23-18(9-4-2)15-10-7-6-8-11-15/h6-8,10-11,14,18H,3-5,9,12H2,1-2H3,(H,23,25)/b17-16+. The molecule has 5 nitrogen and oxygen atoms in total. The van der Waals surface area contributed by atoms with E-state index in [0.717, 1.165) is 31.2 Å². The molecule has 0 saturated carbocycles. The quantitative estimate of drug-likeness (QED) is 0.515. The van der Waals surface area contributed by atoms with E-state index in [-0.39, 0.29) is 17.5 Å². The second-order valence-electron chi connectivity index (χ2n) is 6.04. The van der Waals surface area contributed by atoms with E-state index in [2.05, 4.69) is 35.4 Å². The van der Waals surface area contributed by atoms with Gasteiger partial charge < -0.3 is 5.32 Å². The summed E-state index contributed by atoms with van der Waals surface area (Å²) in [7, 11) is 0. The number of unbranched alkanes of at least 4 members (excludes halogenated alkanes) is 1. The third-order valence-corrected chi connectivity index (χ3v) is 4.87. The summed E-state index contributed by atoms with van der Waals surface area (Å²) in [5, 5.41) is 21.3. The molecule has 1 aromatic carbocycles. The molecular weight excluding hydrogens is 344 g/mol. The van der Waals surface area contributed by atoms with Gasteiger partial charge in [-0.05, 0) is 24.8 Å². The number of carbonyl (C=O) groups excluding carboxylic acids is 1. The second kappa shape index (κ2) is 10.5. The summed E-state index contributed by atoms with van der Waals surface area (Å²) in [5.74, 6) is -0.337. The molecule has 0 aliphatic carbocycles. The molecule has 0 aliphatic rings. The molecule has 0 aliphatic heterocycles. The molecule has 0 fully saturated rings. The minimum absolute atomic E-state index is 0.112. The van der Waals surface area contributed by atoms with Crippen LogP contribution in [0.5, 0.6) is 0 Å². The summed E-state index contributed by atoms with van der Waals surface area (Å²) in [5.41, 5.74) is 3.51. The Labute approximate surface area is 158 Å². The van der Waals surface area contributed by atoms with E-state index in [1.54, 1.807) is 5.51 Å². The molecule has 1 atom stereocenters. The van der Waals surface area contributed by atoms with Gasteiger partial charge in [0.15, 0.2) is 0 Å². The van der Waals surface area contributed by atoms with E-state index in [0.29, 0.717) is 17.0 Å². The van der Waals surface area contributed by atoms with E-state index in [1.807, 2.05) is 30.3 Å². The van der Waals surface area contributed by atoms with Crippen molar-refractivity contribution < 1.29 is 4.79 Å². The first-order valence-corrected chi connectivity index (χ1v) is 9.84. The number of nitrogens with one attached hydrogen (secondary N) is 1. The fraction of sp³-hybridized carbons (Fsp3) is 0.400. The first-order valence-electron chi connectivity index (χ1n) is 8.96. The first-order chi connectivity index (χ1) is 12.7. The highest BCUT2D eigenvalue weighted by atomic mass is 32.1. The van der Waals surface area contributed by atoms with E-state index >= 15 is 0 Å². The lowest BCUT2D eigenvalue weighted by Crippen LogP contribution is -2.30. The van der Waals surface area contributed by atoms with Crippen LogP contribution in [0.2, 0.25) is 0 Å². The van der Waals surface area contributed by atoms with Crippen LogP contribution in [0, 0.1) is 11.3 Å². The number of nitriles is 1. The van der Waals surface area contributed by atoms with Gasteiger partial charge in [-0.25, -0.2) is 0 Å². The van der Waals surface area contributed by atoms with Crippen LogP contribution >= 0.6 is 11.3 Å². The minimum Gasteiger partial charge on any atom is -0.345 e. The summed E-state index contributed by atoms with van der Waals surface area (Å²) < 4.78 is 0. The van der Waals surface area contributed by atoms with Crippen molar-refractivity contribution in [3.8, 4) is 6.07 Å². The predicted molar refractivity (Wildman–Crippen MR) is 104 cm³/mol. The van der Waals surface area contributed by atoms with E-state index < -0.39 is 0 Å². The Bertz CT molecular complexity index is 763. The fourth-order valence-electron chi connectivity index (χ4n) is 2.78. The van der Waals surface area contributed by atoms with Gasteiger partial charge in [0.05, 0.1) is 6.04 Å². The van der Waals surface area contributed by atoms with Gasteiger partial charge in [0.2, 0.25) is 0 Å². The van der Waals surface area contributed by atoms with E-state index in [9.17, 15) is 10.1 Å². The van der Waals surface area contributed by atoms with Crippen molar-refractivity contribution in [2.24, 2.45) is 0 Å². The van der Waals surface area contributed by atoms with Crippen molar-refractivity contribution in [2.75, 3.05) is 0 Å². The molecule has 0 saturated heterocycles. The average Bonchev–Trinajstić information content (AvgIpc) is 3.19. The molecule has 1 amide bonds. The highest BCUT2D eigenvalue weighted by molar-refractivity contribution is 7.10. The van der Waals surface area contributed by atoms with Crippen LogP contribution in [0.4, 0.5) is 0 Å². The highest BCUT2D eigenvalue weighted by Crippen LogP contribution is 2.27. The van der Waals surface area contributed by atoms with Crippen LogP contribution in [0.3, 0.4) is 0 Å². The lowest BCUT2D eigenvalue weighted by atomic mass is 9.99. The molecule has 2 rings (SSSR count). The van der Waals surface area contributed by atoms with E-state index in [1.165, 1.54) is 11.3 Å². The van der Waals surface area contributed by atoms with Crippen molar-refractivity contribution in [1.29, 1.82) is 5.26 Å². The van der Waals surface area contributed by atoms with Gasteiger partial charge in [-0.3, -0.25) is 4.79 Å². The van der Waals surface area contributed by atoms with E-state index in [4.69, 9.17) is 0 Å². The van der Waals surface area contributed by atoms with Crippen molar-refractivity contribution in [3.05, 3.63) is 52.0 Å². The molecule has 1 aromatic heterocycles. The Hall–Kier alpha value is -2.52. The van der Waals surface area contributed by atoms with Crippen molar-refractivity contribution >= 4 is 22.8 Å². The number of rotatable bonds is 9. The Morgan fingerprint density at radius 2 is 2.04 bits per heavy atom. The molecule has 26 heavy (non-hydrogen) atoms. The average molecular weight is 369 g/mol. The van der Waals surface area contributed by atoms with Crippen molar-refractivity contribution in [2.45, 2.75) is 52.0 Å². The van der Waals surface area contributed by atoms with Gasteiger partial charge in [0.25, 0.3) is 5.91 Å². The molecule has 1 unspecified atom stereocenters. The maximum absolute atomic E-state index is 12.9. The number of hydrogen-bond acceptors (Lipinski definition) is 5. The monoisotopic (exact) mass is 368 g/mol. The smallest absolute Gasteiger partial charge is 0.262 e. The third-order valence-electron chi connectivity index (χ3n) is 4.12. The Kier molecular flexibility index (Phi) is 7.97. The van der Waals surface area contributed by atoms with Crippen LogP contribution in [0.1, 0.15) is 62.6 Å². The molecule has 136 valence electrons. The van der Waals surface area contributed by atoms with Crippen LogP contribution in [0.25, 0.3) is 5.57 Å². The Morgan fingerprint density at radius 3 is 2.62 bits per heavy atom. The van der Waals surface area contributed by atoms with Gasteiger partial charge in [-0.2, -0.15) is 5.26 Å². The zero-order valence-corrected chi connectivity index (χ0v) is 16.1. The summed E-state index contributed by atoms with van der Waals surface area (Å²) in [6, 6.07) is 11.9. The normalized spacial score (nSPS) is 12.8. The lowest BCUT2D eigenvalue weighted by Gasteiger charge is -2.19. The van der Waals surface area contributed by atoms with Crippen LogP contribution in [-0.2, 0) is 4.79 Å². The number of nitrogens with zero attached hydrogens (tertiary/aromatic N) is 3. The van der Waals surface area contributed by atoms with Gasteiger partial charge in [-0.15, -0.1) is 21.5 Å². The summed E-state index contributed by atoms with van der Waals surface area (Å²) in [4.78, 5) is 12.9. The van der Waals surface area contributed by atoms with Crippen LogP contribution in [0.15, 0.2) is 41.4 Å². The van der Waals surface area contributed by atoms with Gasteiger partial charge in [0, 0.05) is 5.57 Å². The largest absolute Gasteiger partial charge is 0.345 e. The van der Waals surface area contributed by atoms with Gasteiger partial charge in [-0.1, -0.05) is 57.0 Å². The van der Waals surface area contributed by atoms with Crippen LogP contribution in [-0.4, -0.2) is 16.1 Å². The lowest BCUT2D eigenvalue weighted by molar-refractivity contribution is -0.117. The fourth-order valence-corrected chi connectivity index (χ4v) is 3.41. The number of amides is 1. The molecule has 1 N–H and O–H groups in total. The molecule has 6 heteroatoms. The number of aromatic nitrogens is 2. The summed E-state index contributed by atoms with van der Waals surface area (Å²) >= 11 is 1.36. The number of carbonyl (C=O) groups is 1. The Balaban J connectivity index is 2.31. The van der Waals surface area contributed by atoms with Gasteiger partial charge in [0.1, 0.15) is 22.2 Å².